The second kappa shape index (κ2) is 24.9. The number of ether oxygens (including phenoxy) is 5. The van der Waals surface area contributed by atoms with Crippen LogP contribution in [0.4, 0.5) is 74.6 Å². The summed E-state index contributed by atoms with van der Waals surface area (Å²) in [5, 5.41) is 0.418. The molecule has 6 aromatic rings. The number of benzene rings is 6. The van der Waals surface area contributed by atoms with Crippen molar-refractivity contribution in [1.29, 1.82) is 0 Å². The Labute approximate surface area is 488 Å². The van der Waals surface area contributed by atoms with Crippen molar-refractivity contribution < 1.29 is 103 Å². The van der Waals surface area contributed by atoms with Crippen LogP contribution in [-0.2, 0) is 31.3 Å². The monoisotopic (exact) mass is 1350 g/mol. The number of methoxy groups -OCH3 is 1. The second-order valence-corrected chi connectivity index (χ2v) is 31.2. The SMILES string of the molecule is CCCCC[C@H](OC(=O)c1c(C)cccc1Oc1ccc2c(c1Br)COC(C)(C)O2)[C@@H](/C=[CH]/[Ge]([CH2]CC(F)(F)C(F)(F)C(F)(F)C(F)(F)C(F)(F)C(F)(F)C(F)(F)C(F)(F)F)([CH2]c1ccc2ccccc2c1)[CH2]c1ccc2ccccc2c1)OC. The van der Waals surface area contributed by atoms with Crippen molar-refractivity contribution in [3.63, 3.8) is 0 Å². The van der Waals surface area contributed by atoms with Gasteiger partial charge >= 0.3 is 449 Å². The van der Waals surface area contributed by atoms with Crippen molar-refractivity contribution in [2.45, 2.75) is 148 Å². The molecule has 1 heterocycles. The molecule has 2 atom stereocenters. The van der Waals surface area contributed by atoms with Gasteiger partial charge in [0, 0.05) is 13.8 Å². The normalized spacial score (nSPS) is 15.7. The molecular weight excluding hydrogens is 1290 g/mol. The number of carbonyl (C=O) groups is 1. The van der Waals surface area contributed by atoms with E-state index in [1.54, 1.807) is 118 Å². The van der Waals surface area contributed by atoms with Crippen LogP contribution in [-0.4, -0.2) is 92.0 Å². The summed E-state index contributed by atoms with van der Waals surface area (Å²) >= 11 is -1.63. The van der Waals surface area contributed by atoms with E-state index in [2.05, 4.69) is 15.9 Å². The molecule has 0 N–H and O–H groups in total. The van der Waals surface area contributed by atoms with E-state index in [4.69, 9.17) is 23.7 Å². The zero-order chi connectivity index (χ0) is 63.0. The molecule has 0 saturated heterocycles. The number of alkyl halides is 17. The zero-order valence-corrected chi connectivity index (χ0v) is 49.6. The first kappa shape index (κ1) is 66.9. The maximum absolute atomic E-state index is 16.3. The zero-order valence-electron chi connectivity index (χ0n) is 45.9. The minimum absolute atomic E-state index is 0.0259. The van der Waals surface area contributed by atoms with Crippen LogP contribution in [0.1, 0.15) is 85.5 Å². The van der Waals surface area contributed by atoms with Crippen LogP contribution >= 0.6 is 15.9 Å². The number of carbonyl (C=O) groups excluding carboxylic acids is 1. The molecule has 85 heavy (non-hydrogen) atoms. The summed E-state index contributed by atoms with van der Waals surface area (Å²) in [6, 6.07) is 30.8. The maximum atomic E-state index is 16.3. The van der Waals surface area contributed by atoms with Crippen LogP contribution in [0.15, 0.2) is 131 Å². The van der Waals surface area contributed by atoms with Crippen molar-refractivity contribution in [2.24, 2.45) is 0 Å². The minimum atomic E-state index is -8.76. The number of aryl methyl sites for hydroxylation is 1. The summed E-state index contributed by atoms with van der Waals surface area (Å²) in [5.41, 5.74) is 1.57. The topological polar surface area (TPSA) is 63.2 Å². The van der Waals surface area contributed by atoms with Crippen LogP contribution < -0.4 is 9.47 Å². The van der Waals surface area contributed by atoms with Gasteiger partial charge in [0.05, 0.1) is 6.61 Å². The molecular formula is C60H56BrF17GeO6. The van der Waals surface area contributed by atoms with Gasteiger partial charge in [-0.1, -0.05) is 0 Å². The number of hydrogen-bond donors (Lipinski definition) is 0. The van der Waals surface area contributed by atoms with E-state index >= 15 is 35.1 Å². The van der Waals surface area contributed by atoms with Gasteiger partial charge in [0.25, 0.3) is 0 Å². The van der Waals surface area contributed by atoms with Crippen LogP contribution in [0.3, 0.4) is 0 Å². The molecule has 0 spiro atoms. The first-order valence-corrected chi connectivity index (χ1v) is 32.9. The molecule has 6 nitrogen and oxygen atoms in total. The Kier molecular flexibility index (Phi) is 19.6. The molecule has 7 rings (SSSR count). The molecule has 0 amide bonds. The van der Waals surface area contributed by atoms with Crippen molar-refractivity contribution in [2.75, 3.05) is 7.11 Å². The van der Waals surface area contributed by atoms with E-state index in [-0.39, 0.29) is 40.6 Å². The Hall–Kier alpha value is -5.60. The molecule has 0 unspecified atom stereocenters. The van der Waals surface area contributed by atoms with E-state index < -0.39 is 96.5 Å². The Morgan fingerprint density at radius 2 is 1.19 bits per heavy atom. The van der Waals surface area contributed by atoms with E-state index in [0.717, 1.165) is 0 Å². The summed E-state index contributed by atoms with van der Waals surface area (Å²) in [6.45, 7) is 7.05. The second-order valence-electron chi connectivity index (χ2n) is 21.4. The predicted molar refractivity (Wildman–Crippen MR) is 289 cm³/mol. The summed E-state index contributed by atoms with van der Waals surface area (Å²) < 4.78 is 280. The van der Waals surface area contributed by atoms with E-state index in [1.165, 1.54) is 36.3 Å². The van der Waals surface area contributed by atoms with E-state index in [0.29, 0.717) is 73.3 Å². The molecule has 0 saturated carbocycles. The molecule has 0 fully saturated rings. The van der Waals surface area contributed by atoms with Gasteiger partial charge in [0.2, 0.25) is 5.79 Å². The van der Waals surface area contributed by atoms with E-state index in [1.807, 2.05) is 6.92 Å². The first-order valence-electron chi connectivity index (χ1n) is 26.4. The Bertz CT molecular complexity index is 3310. The molecule has 462 valence electrons. The predicted octanol–water partition coefficient (Wildman–Crippen LogP) is 19.1. The van der Waals surface area contributed by atoms with Gasteiger partial charge in [-0.25, -0.2) is 0 Å². The van der Waals surface area contributed by atoms with E-state index in [9.17, 15) is 44.3 Å². The Morgan fingerprint density at radius 1 is 0.659 bits per heavy atom. The average Bonchev–Trinajstić information content (AvgIpc) is 0.876. The fourth-order valence-electron chi connectivity index (χ4n) is 9.98. The fourth-order valence-corrected chi connectivity index (χ4v) is 19.6. The van der Waals surface area contributed by atoms with Crippen LogP contribution in [0.25, 0.3) is 21.5 Å². The number of esters is 1. The van der Waals surface area contributed by atoms with Crippen molar-refractivity contribution in [1.82, 2.24) is 0 Å². The van der Waals surface area contributed by atoms with Gasteiger partial charge < -0.3 is 9.47 Å². The molecule has 1 aliphatic heterocycles. The van der Waals surface area contributed by atoms with Crippen molar-refractivity contribution in [3.05, 3.63) is 159 Å². The number of unbranched alkanes of at least 4 members (excludes halogenated alkanes) is 2. The fraction of sp³-hybridized carbons (Fsp3) is 0.417. The third-order valence-electron chi connectivity index (χ3n) is 14.8. The summed E-state index contributed by atoms with van der Waals surface area (Å²) in [4.78, 5) is 16.0. The molecule has 25 heteroatoms. The third-order valence-corrected chi connectivity index (χ3v) is 24.9. The van der Waals surface area contributed by atoms with Gasteiger partial charge in [-0.05, 0) is 0 Å². The Balaban J connectivity index is 1.32. The Morgan fingerprint density at radius 3 is 1.72 bits per heavy atom. The molecule has 0 aliphatic carbocycles. The number of hydrogen-bond acceptors (Lipinski definition) is 6. The molecule has 1 aliphatic rings. The third kappa shape index (κ3) is 13.3. The molecule has 0 bridgehead atoms. The first-order chi connectivity index (χ1) is 39.4. The quantitative estimate of drug-likeness (QED) is 0.0246. The number of halogens is 18. The summed E-state index contributed by atoms with van der Waals surface area (Å²) in [5.74, 6) is -58.5. The standard InChI is InChI=1S/C60H56BrF17GeO6/c1-6-7-8-19-46(84-51(80)49-36(2)14-13-20-47(49)83-48-26-25-44-43(50(48)61)35-82-52(3,4)85-44)45(81-5)27-29-79(33-37-21-23-39-15-9-11-17-41(39)31-37,34-38-22-24-40-16-10-12-18-42(40)32-38)30-28-53(62,63)54(64,65)55(66,67)56(68,69)57(70,71)58(72,73)59(74,75)60(76,77)78/h9-18,20-27,29,31-32,45-46H,6-8,19,28,30,33-35H2,1-5H3/b29-27+/t45-,46+/m1/s1. The van der Waals surface area contributed by atoms with Crippen molar-refractivity contribution >= 4 is 56.7 Å². The van der Waals surface area contributed by atoms with Gasteiger partial charge in [0.1, 0.15) is 5.75 Å². The summed E-state index contributed by atoms with van der Waals surface area (Å²) in [7, 11) is 1.18. The van der Waals surface area contributed by atoms with Gasteiger partial charge in [-0.3, -0.25) is 0 Å². The average molecular weight is 1350 g/mol. The van der Waals surface area contributed by atoms with Crippen LogP contribution in [0, 0.1) is 6.92 Å². The molecule has 6 aromatic carbocycles. The van der Waals surface area contributed by atoms with Crippen LogP contribution in [0.5, 0.6) is 17.2 Å². The number of fused-ring (bicyclic) bond motifs is 3. The van der Waals surface area contributed by atoms with Crippen LogP contribution in [0.2, 0.25) is 5.25 Å². The van der Waals surface area contributed by atoms with Gasteiger partial charge in [0.15, 0.2) is 0 Å². The van der Waals surface area contributed by atoms with Crippen molar-refractivity contribution in [3.8, 4) is 17.2 Å². The molecule has 0 radical (unpaired) electrons. The van der Waals surface area contributed by atoms with Gasteiger partial charge in [-0.2, -0.15) is 0 Å². The summed E-state index contributed by atoms with van der Waals surface area (Å²) in [6.07, 6.45) is -10.2. The number of rotatable bonds is 25. The van der Waals surface area contributed by atoms with Gasteiger partial charge in [-0.15, -0.1) is 0 Å². The molecule has 0 aromatic heterocycles.